The summed E-state index contributed by atoms with van der Waals surface area (Å²) in [6.07, 6.45) is -4.65. The van der Waals surface area contributed by atoms with Crippen molar-refractivity contribution in [3.8, 4) is 17.6 Å². The molecule has 11 heteroatoms. The van der Waals surface area contributed by atoms with Gasteiger partial charge in [0.05, 0.1) is 22.9 Å². The van der Waals surface area contributed by atoms with Gasteiger partial charge in [-0.05, 0) is 56.4 Å². The van der Waals surface area contributed by atoms with E-state index in [9.17, 15) is 18.0 Å². The van der Waals surface area contributed by atoms with Gasteiger partial charge in [-0.25, -0.2) is 0 Å². The predicted molar refractivity (Wildman–Crippen MR) is 121 cm³/mol. The first kappa shape index (κ1) is 23.8. The largest absolute Gasteiger partial charge is 0.486 e. The van der Waals surface area contributed by atoms with Crippen molar-refractivity contribution in [2.24, 2.45) is 0 Å². The number of halogens is 3. The number of carbonyl (C=O) groups is 1. The number of anilines is 2. The van der Waals surface area contributed by atoms with Crippen molar-refractivity contribution in [1.82, 2.24) is 0 Å². The molecule has 0 spiro atoms. The van der Waals surface area contributed by atoms with E-state index in [1.807, 2.05) is 0 Å². The molecular weight excluding hydrogens is 471 g/mol. The Morgan fingerprint density at radius 3 is 2.56 bits per heavy atom. The molecule has 1 N–H and O–H groups in total. The second-order valence-electron chi connectivity index (χ2n) is 8.35. The third kappa shape index (κ3) is 3.93. The molecule has 0 radical (unpaired) electrons. The average Bonchev–Trinajstić information content (AvgIpc) is 2.96. The first-order valence-corrected chi connectivity index (χ1v) is 10.7. The zero-order valence-electron chi connectivity index (χ0n) is 18.2. The summed E-state index contributed by atoms with van der Waals surface area (Å²) in [4.78, 5) is 15.9. The minimum absolute atomic E-state index is 0.0114. The quantitative estimate of drug-likeness (QED) is 0.647. The monoisotopic (exact) mass is 491 g/mol. The lowest BCUT2D eigenvalue weighted by atomic mass is 10.0. The van der Waals surface area contributed by atoms with Crippen LogP contribution in [-0.4, -0.2) is 41.0 Å². The van der Waals surface area contributed by atoms with Gasteiger partial charge < -0.3 is 19.5 Å². The highest BCUT2D eigenvalue weighted by Gasteiger charge is 2.51. The fraction of sp³-hybridized carbons (Fsp3) is 0.348. The summed E-state index contributed by atoms with van der Waals surface area (Å²) < 4.78 is 52.0. The van der Waals surface area contributed by atoms with Gasteiger partial charge in [-0.15, -0.1) is 0 Å². The molecule has 1 atom stereocenters. The molecule has 34 heavy (non-hydrogen) atoms. The van der Waals surface area contributed by atoms with Crippen LogP contribution in [0.25, 0.3) is 0 Å². The van der Waals surface area contributed by atoms with Gasteiger partial charge in [0, 0.05) is 24.8 Å². The normalized spacial score (nSPS) is 19.4. The SMILES string of the molecule is CC1(C)C(=O)N(c2ccc(C#N)c(C(F)(F)F)c2)C(=S)N1c1ccc2c(c1)OC[C@@H](CCO)O2. The average molecular weight is 491 g/mol. The van der Waals surface area contributed by atoms with Gasteiger partial charge in [-0.2, -0.15) is 18.4 Å². The van der Waals surface area contributed by atoms with E-state index in [-0.39, 0.29) is 30.1 Å². The molecule has 0 saturated carbocycles. The van der Waals surface area contributed by atoms with Crippen molar-refractivity contribution in [2.45, 2.75) is 38.1 Å². The van der Waals surface area contributed by atoms with Crippen LogP contribution in [0.1, 0.15) is 31.4 Å². The highest BCUT2D eigenvalue weighted by Crippen LogP contribution is 2.42. The van der Waals surface area contributed by atoms with Crippen molar-refractivity contribution in [3.63, 3.8) is 0 Å². The van der Waals surface area contributed by atoms with Crippen LogP contribution >= 0.6 is 12.2 Å². The van der Waals surface area contributed by atoms with Gasteiger partial charge in [0.2, 0.25) is 0 Å². The Hall–Kier alpha value is -3.36. The second-order valence-corrected chi connectivity index (χ2v) is 8.72. The molecule has 2 aromatic rings. The van der Waals surface area contributed by atoms with Gasteiger partial charge in [0.25, 0.3) is 5.91 Å². The molecule has 0 aliphatic carbocycles. The van der Waals surface area contributed by atoms with Gasteiger partial charge in [-0.3, -0.25) is 9.69 Å². The number of hydrogen-bond donors (Lipinski definition) is 1. The molecule has 2 aromatic carbocycles. The third-order valence-electron chi connectivity index (χ3n) is 5.71. The van der Waals surface area contributed by atoms with Gasteiger partial charge in [0.15, 0.2) is 16.6 Å². The van der Waals surface area contributed by atoms with E-state index in [0.717, 1.165) is 17.0 Å². The molecule has 7 nitrogen and oxygen atoms in total. The summed E-state index contributed by atoms with van der Waals surface area (Å²) in [6.45, 7) is 3.43. The van der Waals surface area contributed by atoms with E-state index in [2.05, 4.69) is 0 Å². The van der Waals surface area contributed by atoms with Crippen molar-refractivity contribution in [3.05, 3.63) is 47.5 Å². The number of amides is 1. The van der Waals surface area contributed by atoms with Crippen LogP contribution in [0.2, 0.25) is 0 Å². The molecule has 1 amide bonds. The molecule has 1 fully saturated rings. The lowest BCUT2D eigenvalue weighted by molar-refractivity contribution is -0.137. The number of ether oxygens (including phenoxy) is 2. The molecule has 2 aliphatic rings. The van der Waals surface area contributed by atoms with Crippen LogP contribution in [0.3, 0.4) is 0 Å². The molecule has 0 aromatic heterocycles. The van der Waals surface area contributed by atoms with E-state index < -0.39 is 28.7 Å². The summed E-state index contributed by atoms with van der Waals surface area (Å²) in [5.41, 5.74) is -2.49. The number of nitriles is 1. The van der Waals surface area contributed by atoms with E-state index in [1.54, 1.807) is 36.9 Å². The Labute approximate surface area is 198 Å². The lowest BCUT2D eigenvalue weighted by Crippen LogP contribution is -2.44. The number of thiocarbonyl (C=S) groups is 1. The molecule has 0 unspecified atom stereocenters. The first-order chi connectivity index (χ1) is 16.0. The second kappa shape index (κ2) is 8.45. The smallest absolute Gasteiger partial charge is 0.417 e. The molecule has 178 valence electrons. The Kier molecular flexibility index (Phi) is 5.91. The Morgan fingerprint density at radius 2 is 1.91 bits per heavy atom. The first-order valence-electron chi connectivity index (χ1n) is 10.3. The molecule has 4 rings (SSSR count). The Balaban J connectivity index is 1.71. The minimum atomic E-state index is -4.77. The molecule has 2 aliphatic heterocycles. The fourth-order valence-electron chi connectivity index (χ4n) is 3.99. The predicted octanol–water partition coefficient (Wildman–Crippen LogP) is 4.02. The van der Waals surface area contributed by atoms with Crippen LogP contribution in [0.4, 0.5) is 24.5 Å². The van der Waals surface area contributed by atoms with E-state index >= 15 is 0 Å². The van der Waals surface area contributed by atoms with Crippen LogP contribution < -0.4 is 19.3 Å². The third-order valence-corrected chi connectivity index (χ3v) is 6.08. The zero-order valence-corrected chi connectivity index (χ0v) is 19.0. The number of benzene rings is 2. The highest BCUT2D eigenvalue weighted by molar-refractivity contribution is 7.81. The number of fused-ring (bicyclic) bond motifs is 1. The Morgan fingerprint density at radius 1 is 1.21 bits per heavy atom. The van der Waals surface area contributed by atoms with Crippen LogP contribution in [0.5, 0.6) is 11.5 Å². The molecule has 2 heterocycles. The summed E-state index contributed by atoms with van der Waals surface area (Å²) in [5.74, 6) is 0.378. The van der Waals surface area contributed by atoms with Gasteiger partial charge in [0.1, 0.15) is 18.2 Å². The molecular formula is C23H20F3N3O4S. The van der Waals surface area contributed by atoms with E-state index in [1.165, 1.54) is 12.1 Å². The summed E-state index contributed by atoms with van der Waals surface area (Å²) in [6, 6.07) is 9.55. The van der Waals surface area contributed by atoms with Gasteiger partial charge >= 0.3 is 6.18 Å². The van der Waals surface area contributed by atoms with Crippen molar-refractivity contribution >= 4 is 34.6 Å². The summed E-state index contributed by atoms with van der Waals surface area (Å²) in [5, 5.41) is 18.2. The Bertz CT molecular complexity index is 1210. The highest BCUT2D eigenvalue weighted by atomic mass is 32.1. The number of nitrogens with zero attached hydrogens (tertiary/aromatic N) is 3. The minimum Gasteiger partial charge on any atom is -0.486 e. The lowest BCUT2D eigenvalue weighted by Gasteiger charge is -2.31. The number of aliphatic hydroxyl groups excluding tert-OH is 1. The fourth-order valence-corrected chi connectivity index (χ4v) is 4.51. The summed E-state index contributed by atoms with van der Waals surface area (Å²) in [7, 11) is 0. The van der Waals surface area contributed by atoms with Gasteiger partial charge in [-0.1, -0.05) is 0 Å². The maximum Gasteiger partial charge on any atom is 0.417 e. The maximum absolute atomic E-state index is 13.5. The zero-order chi connectivity index (χ0) is 24.8. The number of alkyl halides is 3. The number of hydrogen-bond acceptors (Lipinski definition) is 6. The van der Waals surface area contributed by atoms with Crippen LogP contribution in [0.15, 0.2) is 36.4 Å². The van der Waals surface area contributed by atoms with Crippen molar-refractivity contribution < 1.29 is 32.5 Å². The number of carbonyl (C=O) groups excluding carboxylic acids is 1. The van der Waals surface area contributed by atoms with Crippen molar-refractivity contribution in [2.75, 3.05) is 23.0 Å². The maximum atomic E-state index is 13.5. The van der Waals surface area contributed by atoms with Crippen LogP contribution in [0, 0.1) is 11.3 Å². The standard InChI is InChI=1S/C23H20F3N3O4S/c1-22(2)20(31)28(14-4-3-13(11-27)17(9-14)23(24,25)26)21(34)29(22)15-5-6-18-19(10-15)32-12-16(33-18)7-8-30/h3-6,9-10,16,30H,7-8,12H2,1-2H3/t16-/m1/s1. The van der Waals surface area contributed by atoms with E-state index in [4.69, 9.17) is 32.1 Å². The molecule has 1 saturated heterocycles. The number of rotatable bonds is 4. The topological polar surface area (TPSA) is 86.0 Å². The van der Waals surface area contributed by atoms with E-state index in [0.29, 0.717) is 23.6 Å². The molecule has 0 bridgehead atoms. The van der Waals surface area contributed by atoms with Crippen molar-refractivity contribution in [1.29, 1.82) is 5.26 Å². The number of aliphatic hydroxyl groups is 1. The summed E-state index contributed by atoms with van der Waals surface area (Å²) >= 11 is 5.54. The van der Waals surface area contributed by atoms with Crippen LogP contribution in [-0.2, 0) is 11.0 Å².